The number of carbonyl (C=O) groups is 1. The Labute approximate surface area is 224 Å². The molecule has 0 spiro atoms. The Balaban J connectivity index is 1.60. The normalized spacial score (nSPS) is 11.1. The second-order valence-electron chi connectivity index (χ2n) is 9.21. The van der Waals surface area contributed by atoms with Gasteiger partial charge < -0.3 is 4.74 Å². The van der Waals surface area contributed by atoms with Crippen LogP contribution in [-0.4, -0.2) is 6.29 Å². The van der Waals surface area contributed by atoms with Crippen molar-refractivity contribution in [1.29, 1.82) is 0 Å². The monoisotopic (exact) mass is 518 g/mol. The third-order valence-electron chi connectivity index (χ3n) is 6.35. The quantitative estimate of drug-likeness (QED) is 0.147. The van der Waals surface area contributed by atoms with Gasteiger partial charge in [0.2, 0.25) is 0 Å². The third-order valence-corrected chi connectivity index (χ3v) is 7.72. The van der Waals surface area contributed by atoms with Crippen LogP contribution in [0.15, 0.2) is 121 Å². The first-order valence-electron chi connectivity index (χ1n) is 12.6. The lowest BCUT2D eigenvalue weighted by Gasteiger charge is -2.19. The Morgan fingerprint density at radius 1 is 0.632 bits per heavy atom. The van der Waals surface area contributed by atoms with Crippen molar-refractivity contribution >= 4 is 25.5 Å². The van der Waals surface area contributed by atoms with Crippen LogP contribution in [0.3, 0.4) is 0 Å². The van der Waals surface area contributed by atoms with Crippen LogP contribution in [-0.2, 0) is 19.4 Å². The molecular formula is C34H28FO2P. The number of ether oxygens (including phenoxy) is 1. The van der Waals surface area contributed by atoms with Crippen LogP contribution >= 0.6 is 8.58 Å². The molecule has 5 aromatic carbocycles. The number of hydrogen-bond acceptors (Lipinski definition) is 2. The molecule has 1 atom stereocenters. The van der Waals surface area contributed by atoms with Crippen molar-refractivity contribution in [2.24, 2.45) is 0 Å². The number of hydrogen-bond donors (Lipinski definition) is 0. The van der Waals surface area contributed by atoms with E-state index in [1.807, 2.05) is 54.6 Å². The second kappa shape index (κ2) is 12.4. The SMILES string of the molecule is O=Cc1cc(F)ccc1Pc1cc(Cc2ccccc2)cc(Cc2ccccc2)c1OCc1ccccc1. The molecule has 1 unspecified atom stereocenters. The van der Waals surface area contributed by atoms with Gasteiger partial charge in [0.05, 0.1) is 0 Å². The molecule has 5 rings (SSSR count). The summed E-state index contributed by atoms with van der Waals surface area (Å²) >= 11 is 0. The molecule has 2 nitrogen and oxygen atoms in total. The summed E-state index contributed by atoms with van der Waals surface area (Å²) in [6.45, 7) is 0.433. The van der Waals surface area contributed by atoms with Gasteiger partial charge in [-0.1, -0.05) is 112 Å². The fraction of sp³-hybridized carbons (Fsp3) is 0.0882. The molecule has 0 N–H and O–H groups in total. The smallest absolute Gasteiger partial charge is 0.150 e. The molecule has 0 saturated heterocycles. The Bertz CT molecular complexity index is 1500. The van der Waals surface area contributed by atoms with Crippen molar-refractivity contribution in [3.63, 3.8) is 0 Å². The van der Waals surface area contributed by atoms with Crippen molar-refractivity contribution in [2.45, 2.75) is 19.4 Å². The summed E-state index contributed by atoms with van der Waals surface area (Å²) in [5.74, 6) is 0.415. The maximum Gasteiger partial charge on any atom is 0.150 e. The summed E-state index contributed by atoms with van der Waals surface area (Å²) in [5.41, 5.74) is 6.13. The first-order valence-corrected chi connectivity index (χ1v) is 13.6. The summed E-state index contributed by atoms with van der Waals surface area (Å²) < 4.78 is 20.4. The Morgan fingerprint density at radius 2 is 1.24 bits per heavy atom. The lowest BCUT2D eigenvalue weighted by atomic mass is 9.98. The summed E-state index contributed by atoms with van der Waals surface area (Å²) in [6, 6.07) is 39.7. The zero-order valence-corrected chi connectivity index (χ0v) is 21.9. The molecule has 0 saturated carbocycles. The average Bonchev–Trinajstić information content (AvgIpc) is 2.95. The van der Waals surface area contributed by atoms with E-state index in [4.69, 9.17) is 4.74 Å². The van der Waals surface area contributed by atoms with Gasteiger partial charge in [0, 0.05) is 17.3 Å². The van der Waals surface area contributed by atoms with Crippen LogP contribution in [0.4, 0.5) is 4.39 Å². The molecule has 0 radical (unpaired) electrons. The van der Waals surface area contributed by atoms with Gasteiger partial charge in [-0.2, -0.15) is 0 Å². The Hall–Kier alpha value is -4.07. The average molecular weight is 519 g/mol. The van der Waals surface area contributed by atoms with Gasteiger partial charge in [-0.3, -0.25) is 4.79 Å². The van der Waals surface area contributed by atoms with Crippen molar-refractivity contribution < 1.29 is 13.9 Å². The van der Waals surface area contributed by atoms with Crippen molar-refractivity contribution in [3.8, 4) is 5.75 Å². The van der Waals surface area contributed by atoms with Gasteiger partial charge in [-0.05, 0) is 57.7 Å². The van der Waals surface area contributed by atoms with Crippen molar-refractivity contribution in [1.82, 2.24) is 0 Å². The standard InChI is InChI=1S/C34H28FO2P/c35-31-16-17-32(30(22-31)23-36)38-33-21-28(18-25-10-4-1-5-11-25)20-29(19-26-12-6-2-7-13-26)34(33)37-24-27-14-8-3-9-15-27/h1-17,20-23,38H,18-19,24H2. The molecule has 0 aliphatic carbocycles. The van der Waals surface area contributed by atoms with Crippen LogP contribution < -0.4 is 15.3 Å². The Kier molecular flexibility index (Phi) is 8.38. The highest BCUT2D eigenvalue weighted by molar-refractivity contribution is 7.56. The molecule has 0 heterocycles. The summed E-state index contributed by atoms with van der Waals surface area (Å²) in [5, 5.41) is 1.81. The summed E-state index contributed by atoms with van der Waals surface area (Å²) in [4.78, 5) is 11.8. The van der Waals surface area contributed by atoms with Crippen LogP contribution in [0.1, 0.15) is 38.2 Å². The van der Waals surface area contributed by atoms with Crippen LogP contribution in [0, 0.1) is 5.82 Å². The van der Waals surface area contributed by atoms with Gasteiger partial charge in [-0.25, -0.2) is 4.39 Å². The van der Waals surface area contributed by atoms with Gasteiger partial charge in [0.25, 0.3) is 0 Å². The maximum absolute atomic E-state index is 13.9. The molecule has 0 amide bonds. The highest BCUT2D eigenvalue weighted by Gasteiger charge is 2.17. The molecule has 4 heteroatoms. The third kappa shape index (κ3) is 6.62. The van der Waals surface area contributed by atoms with Crippen LogP contribution in [0.5, 0.6) is 5.75 Å². The van der Waals surface area contributed by atoms with E-state index in [0.29, 0.717) is 12.2 Å². The zero-order valence-electron chi connectivity index (χ0n) is 20.9. The molecule has 0 bridgehead atoms. The minimum Gasteiger partial charge on any atom is -0.488 e. The summed E-state index contributed by atoms with van der Waals surface area (Å²) in [6.07, 6.45) is 2.23. The highest BCUT2D eigenvalue weighted by Crippen LogP contribution is 2.30. The van der Waals surface area contributed by atoms with Crippen molar-refractivity contribution in [3.05, 3.63) is 161 Å². The maximum atomic E-state index is 13.9. The van der Waals surface area contributed by atoms with E-state index in [-0.39, 0.29) is 8.58 Å². The van der Waals surface area contributed by atoms with E-state index in [0.717, 1.165) is 46.6 Å². The van der Waals surface area contributed by atoms with Gasteiger partial charge in [0.1, 0.15) is 18.2 Å². The minimum atomic E-state index is -0.413. The molecule has 0 aliphatic heterocycles. The van der Waals surface area contributed by atoms with E-state index in [2.05, 4.69) is 48.5 Å². The molecule has 0 aliphatic rings. The molecule has 0 fully saturated rings. The van der Waals surface area contributed by atoms with Gasteiger partial charge >= 0.3 is 0 Å². The molecular weight excluding hydrogens is 490 g/mol. The first kappa shape index (κ1) is 25.6. The Morgan fingerprint density at radius 3 is 1.87 bits per heavy atom. The molecule has 5 aromatic rings. The highest BCUT2D eigenvalue weighted by atomic mass is 31.1. The fourth-order valence-electron chi connectivity index (χ4n) is 4.52. The molecule has 38 heavy (non-hydrogen) atoms. The topological polar surface area (TPSA) is 26.3 Å². The van der Waals surface area contributed by atoms with Gasteiger partial charge in [-0.15, -0.1) is 0 Å². The number of carbonyl (C=O) groups excluding carboxylic acids is 1. The predicted octanol–water partition coefficient (Wildman–Crippen LogP) is 7.03. The molecule has 188 valence electrons. The zero-order chi connectivity index (χ0) is 26.2. The summed E-state index contributed by atoms with van der Waals surface area (Å²) in [7, 11) is 0.136. The number of benzene rings is 5. The number of aldehydes is 1. The molecule has 0 aromatic heterocycles. The minimum absolute atomic E-state index is 0.136. The van der Waals surface area contributed by atoms with E-state index >= 15 is 0 Å². The van der Waals surface area contributed by atoms with Crippen LogP contribution in [0.2, 0.25) is 0 Å². The fourth-order valence-corrected chi connectivity index (χ4v) is 5.85. The second-order valence-corrected chi connectivity index (χ2v) is 10.5. The van der Waals surface area contributed by atoms with E-state index in [1.54, 1.807) is 6.07 Å². The van der Waals surface area contributed by atoms with Gasteiger partial charge in [0.15, 0.2) is 6.29 Å². The lowest BCUT2D eigenvalue weighted by Crippen LogP contribution is -2.15. The number of rotatable bonds is 10. The van der Waals surface area contributed by atoms with E-state index in [9.17, 15) is 9.18 Å². The first-order chi connectivity index (χ1) is 18.7. The van der Waals surface area contributed by atoms with E-state index in [1.165, 1.54) is 28.8 Å². The predicted molar refractivity (Wildman–Crippen MR) is 155 cm³/mol. The lowest BCUT2D eigenvalue weighted by molar-refractivity contribution is 0.112. The largest absolute Gasteiger partial charge is 0.488 e. The van der Waals surface area contributed by atoms with Crippen LogP contribution in [0.25, 0.3) is 0 Å². The van der Waals surface area contributed by atoms with E-state index < -0.39 is 5.82 Å². The van der Waals surface area contributed by atoms with Crippen molar-refractivity contribution in [2.75, 3.05) is 0 Å². The number of halogens is 1.